The first-order chi connectivity index (χ1) is 8.63. The van der Waals surface area contributed by atoms with E-state index in [1.807, 2.05) is 26.0 Å². The number of carbonyl (C=O) groups is 1. The average Bonchev–Trinajstić information content (AvgIpc) is 2.36. The molecule has 1 amide bonds. The van der Waals surface area contributed by atoms with Crippen LogP contribution in [-0.4, -0.2) is 24.4 Å². The van der Waals surface area contributed by atoms with Gasteiger partial charge < -0.3 is 10.1 Å². The van der Waals surface area contributed by atoms with E-state index in [4.69, 9.17) is 16.3 Å². The van der Waals surface area contributed by atoms with Gasteiger partial charge in [-0.15, -0.1) is 11.6 Å². The standard InChI is InChI=1S/C14H20ClNO2/c1-3-9-18-13-6-4-5-12(10-13)14(17)16-8-7-11(2)15/h4-6,10-11H,3,7-9H2,1-2H3,(H,16,17). The van der Waals surface area contributed by atoms with Crippen LogP contribution in [0.2, 0.25) is 0 Å². The third kappa shape index (κ3) is 5.41. The lowest BCUT2D eigenvalue weighted by Crippen LogP contribution is -2.25. The highest BCUT2D eigenvalue weighted by atomic mass is 35.5. The largest absolute Gasteiger partial charge is 0.494 e. The number of amides is 1. The lowest BCUT2D eigenvalue weighted by atomic mass is 10.2. The molecule has 0 aliphatic carbocycles. The number of halogens is 1. The quantitative estimate of drug-likeness (QED) is 0.772. The number of hydrogen-bond acceptors (Lipinski definition) is 2. The van der Waals surface area contributed by atoms with Crippen LogP contribution in [-0.2, 0) is 0 Å². The van der Waals surface area contributed by atoms with Gasteiger partial charge in [-0.3, -0.25) is 4.79 Å². The van der Waals surface area contributed by atoms with Gasteiger partial charge in [0.1, 0.15) is 5.75 Å². The molecule has 1 aromatic rings. The Labute approximate surface area is 113 Å². The molecule has 0 radical (unpaired) electrons. The second-order valence-corrected chi connectivity index (χ2v) is 4.95. The minimum Gasteiger partial charge on any atom is -0.494 e. The van der Waals surface area contributed by atoms with Crippen LogP contribution in [0.1, 0.15) is 37.0 Å². The van der Waals surface area contributed by atoms with Crippen LogP contribution in [0.25, 0.3) is 0 Å². The van der Waals surface area contributed by atoms with Gasteiger partial charge in [-0.25, -0.2) is 0 Å². The zero-order valence-electron chi connectivity index (χ0n) is 10.9. The van der Waals surface area contributed by atoms with E-state index in [1.54, 1.807) is 12.1 Å². The van der Waals surface area contributed by atoms with Crippen molar-refractivity contribution in [1.82, 2.24) is 5.32 Å². The van der Waals surface area contributed by atoms with E-state index in [0.29, 0.717) is 18.7 Å². The van der Waals surface area contributed by atoms with E-state index in [9.17, 15) is 4.79 Å². The maximum atomic E-state index is 11.8. The lowest BCUT2D eigenvalue weighted by Gasteiger charge is -2.08. The summed E-state index contributed by atoms with van der Waals surface area (Å²) in [5.74, 6) is 0.643. The topological polar surface area (TPSA) is 38.3 Å². The van der Waals surface area contributed by atoms with Crippen LogP contribution < -0.4 is 10.1 Å². The molecule has 0 spiro atoms. The first-order valence-corrected chi connectivity index (χ1v) is 6.72. The van der Waals surface area contributed by atoms with Gasteiger partial charge in [-0.05, 0) is 38.0 Å². The van der Waals surface area contributed by atoms with Crippen LogP contribution in [0.5, 0.6) is 5.75 Å². The molecule has 1 atom stereocenters. The number of ether oxygens (including phenoxy) is 1. The van der Waals surface area contributed by atoms with Crippen molar-refractivity contribution in [2.45, 2.75) is 32.1 Å². The minimum absolute atomic E-state index is 0.0736. The number of carbonyl (C=O) groups excluding carboxylic acids is 1. The summed E-state index contributed by atoms with van der Waals surface area (Å²) in [7, 11) is 0. The number of hydrogen-bond donors (Lipinski definition) is 1. The molecule has 3 nitrogen and oxygen atoms in total. The van der Waals surface area contributed by atoms with Crippen molar-refractivity contribution in [2.24, 2.45) is 0 Å². The molecule has 0 aliphatic rings. The third-order valence-corrected chi connectivity index (χ3v) is 2.61. The fourth-order valence-corrected chi connectivity index (χ4v) is 1.54. The van der Waals surface area contributed by atoms with Gasteiger partial charge in [-0.1, -0.05) is 13.0 Å². The third-order valence-electron chi connectivity index (χ3n) is 2.40. The summed E-state index contributed by atoms with van der Waals surface area (Å²) in [5.41, 5.74) is 0.617. The zero-order chi connectivity index (χ0) is 13.4. The minimum atomic E-state index is -0.0886. The Hall–Kier alpha value is -1.22. The van der Waals surface area contributed by atoms with Crippen molar-refractivity contribution < 1.29 is 9.53 Å². The smallest absolute Gasteiger partial charge is 0.251 e. The molecule has 0 saturated heterocycles. The maximum absolute atomic E-state index is 11.8. The van der Waals surface area contributed by atoms with Crippen molar-refractivity contribution in [3.63, 3.8) is 0 Å². The number of rotatable bonds is 7. The Kier molecular flexibility index (Phi) is 6.58. The van der Waals surface area contributed by atoms with E-state index in [-0.39, 0.29) is 11.3 Å². The van der Waals surface area contributed by atoms with Crippen molar-refractivity contribution in [3.8, 4) is 5.75 Å². The Morgan fingerprint density at radius 2 is 2.28 bits per heavy atom. The first kappa shape index (κ1) is 14.8. The van der Waals surface area contributed by atoms with Gasteiger partial charge in [0.2, 0.25) is 0 Å². The highest BCUT2D eigenvalue weighted by Crippen LogP contribution is 2.13. The molecular weight excluding hydrogens is 250 g/mol. The normalized spacial score (nSPS) is 11.9. The monoisotopic (exact) mass is 269 g/mol. The van der Waals surface area contributed by atoms with Crippen LogP contribution in [0.4, 0.5) is 0 Å². The molecule has 1 N–H and O–H groups in total. The van der Waals surface area contributed by atoms with Crippen molar-refractivity contribution >= 4 is 17.5 Å². The van der Waals surface area contributed by atoms with Gasteiger partial charge in [-0.2, -0.15) is 0 Å². The predicted octanol–water partition coefficient (Wildman–Crippen LogP) is 3.22. The molecule has 18 heavy (non-hydrogen) atoms. The fourth-order valence-electron chi connectivity index (χ4n) is 1.43. The van der Waals surface area contributed by atoms with Crippen LogP contribution in [0.3, 0.4) is 0 Å². The predicted molar refractivity (Wildman–Crippen MR) is 74.5 cm³/mol. The van der Waals surface area contributed by atoms with Gasteiger partial charge in [0.25, 0.3) is 5.91 Å². The molecule has 0 saturated carbocycles. The van der Waals surface area contributed by atoms with E-state index >= 15 is 0 Å². The Bertz CT molecular complexity index is 380. The van der Waals surface area contributed by atoms with Crippen LogP contribution >= 0.6 is 11.6 Å². The summed E-state index contributed by atoms with van der Waals surface area (Å²) >= 11 is 5.82. The number of alkyl halides is 1. The zero-order valence-corrected chi connectivity index (χ0v) is 11.7. The second kappa shape index (κ2) is 7.98. The molecule has 0 aliphatic heterocycles. The molecule has 0 fully saturated rings. The molecule has 100 valence electrons. The van der Waals surface area contributed by atoms with Gasteiger partial charge in [0.05, 0.1) is 6.61 Å². The highest BCUT2D eigenvalue weighted by Gasteiger charge is 2.06. The Morgan fingerprint density at radius 1 is 1.50 bits per heavy atom. The molecule has 0 heterocycles. The summed E-state index contributed by atoms with van der Waals surface area (Å²) in [5, 5.41) is 2.91. The lowest BCUT2D eigenvalue weighted by molar-refractivity contribution is 0.0953. The second-order valence-electron chi connectivity index (χ2n) is 4.20. The molecule has 1 aromatic carbocycles. The average molecular weight is 270 g/mol. The summed E-state index contributed by atoms with van der Waals surface area (Å²) in [6.07, 6.45) is 1.71. The first-order valence-electron chi connectivity index (χ1n) is 6.28. The summed E-state index contributed by atoms with van der Waals surface area (Å²) < 4.78 is 5.49. The van der Waals surface area contributed by atoms with Gasteiger partial charge in [0, 0.05) is 17.5 Å². The van der Waals surface area contributed by atoms with E-state index < -0.39 is 0 Å². The SMILES string of the molecule is CCCOc1cccc(C(=O)NCCC(C)Cl)c1. The molecule has 0 aromatic heterocycles. The Morgan fingerprint density at radius 3 is 2.94 bits per heavy atom. The van der Waals surface area contributed by atoms with Crippen molar-refractivity contribution in [3.05, 3.63) is 29.8 Å². The van der Waals surface area contributed by atoms with Crippen LogP contribution in [0.15, 0.2) is 24.3 Å². The fraction of sp³-hybridized carbons (Fsp3) is 0.500. The van der Waals surface area contributed by atoms with Crippen LogP contribution in [0, 0.1) is 0 Å². The van der Waals surface area contributed by atoms with Gasteiger partial charge >= 0.3 is 0 Å². The molecular formula is C14H20ClNO2. The maximum Gasteiger partial charge on any atom is 0.251 e. The molecule has 4 heteroatoms. The van der Waals surface area contributed by atoms with Crippen molar-refractivity contribution in [2.75, 3.05) is 13.2 Å². The molecule has 1 rings (SSSR count). The summed E-state index contributed by atoms with van der Waals surface area (Å²) in [6.45, 7) is 5.20. The van der Waals surface area contributed by atoms with Crippen molar-refractivity contribution in [1.29, 1.82) is 0 Å². The van der Waals surface area contributed by atoms with E-state index in [2.05, 4.69) is 5.32 Å². The number of nitrogens with one attached hydrogen (secondary N) is 1. The Balaban J connectivity index is 2.51. The molecule has 0 bridgehead atoms. The highest BCUT2D eigenvalue weighted by molar-refractivity contribution is 6.20. The number of benzene rings is 1. The summed E-state index contributed by atoms with van der Waals surface area (Å²) in [4.78, 5) is 11.8. The molecule has 1 unspecified atom stereocenters. The van der Waals surface area contributed by atoms with E-state index in [1.165, 1.54) is 0 Å². The van der Waals surface area contributed by atoms with E-state index in [0.717, 1.165) is 18.6 Å². The van der Waals surface area contributed by atoms with Gasteiger partial charge in [0.15, 0.2) is 0 Å². The summed E-state index contributed by atoms with van der Waals surface area (Å²) in [6, 6.07) is 7.21.